The van der Waals surface area contributed by atoms with Gasteiger partial charge in [-0.15, -0.1) is 0 Å². The zero-order valence-electron chi connectivity index (χ0n) is 15.7. The molecule has 0 N–H and O–H groups in total. The summed E-state index contributed by atoms with van der Waals surface area (Å²) in [4.78, 5) is 37.0. The minimum absolute atomic E-state index is 0.0152. The molecule has 1 fully saturated rings. The molecule has 3 aliphatic rings. The van der Waals surface area contributed by atoms with Crippen LogP contribution < -0.4 is 0 Å². The fourth-order valence-corrected chi connectivity index (χ4v) is 5.38. The number of fused-ring (bicyclic) bond motifs is 3. The Hall–Kier alpha value is -1.71. The maximum atomic E-state index is 13.0. The molecule has 0 radical (unpaired) electrons. The van der Waals surface area contributed by atoms with Gasteiger partial charge in [-0.2, -0.15) is 0 Å². The predicted molar refractivity (Wildman–Crippen MR) is 94.8 cm³/mol. The summed E-state index contributed by atoms with van der Waals surface area (Å²) in [6.07, 6.45) is 6.71. The van der Waals surface area contributed by atoms with E-state index in [-0.39, 0.29) is 17.7 Å². The lowest BCUT2D eigenvalue weighted by Gasteiger charge is -2.48. The van der Waals surface area contributed by atoms with Gasteiger partial charge in [0, 0.05) is 5.41 Å². The molecular formula is C21H28O4. The Morgan fingerprint density at radius 1 is 1.28 bits per heavy atom. The number of rotatable bonds is 3. The molecule has 0 amide bonds. The molecule has 0 aromatic rings. The molecule has 0 saturated heterocycles. The van der Waals surface area contributed by atoms with Crippen molar-refractivity contribution in [3.8, 4) is 0 Å². The van der Waals surface area contributed by atoms with Crippen LogP contribution in [0.5, 0.6) is 0 Å². The summed E-state index contributed by atoms with van der Waals surface area (Å²) in [5.74, 6) is 0.251. The lowest BCUT2D eigenvalue weighted by Crippen LogP contribution is -2.48. The number of hydrogen-bond acceptors (Lipinski definition) is 4. The van der Waals surface area contributed by atoms with Crippen molar-refractivity contribution in [3.05, 3.63) is 22.8 Å². The van der Waals surface area contributed by atoms with Gasteiger partial charge in [-0.1, -0.05) is 26.3 Å². The van der Waals surface area contributed by atoms with Gasteiger partial charge in [0.1, 0.15) is 6.29 Å². The normalized spacial score (nSPS) is 35.0. The van der Waals surface area contributed by atoms with Gasteiger partial charge < -0.3 is 4.74 Å². The van der Waals surface area contributed by atoms with Crippen LogP contribution >= 0.6 is 0 Å². The summed E-state index contributed by atoms with van der Waals surface area (Å²) in [5, 5.41) is 0. The number of allylic oxidation sites excluding steroid dienone is 3. The fraction of sp³-hybridized carbons (Fsp3) is 0.667. The summed E-state index contributed by atoms with van der Waals surface area (Å²) >= 11 is 0. The largest absolute Gasteiger partial charge is 0.468 e. The molecule has 25 heavy (non-hydrogen) atoms. The summed E-state index contributed by atoms with van der Waals surface area (Å²) < 4.78 is 5.21. The van der Waals surface area contributed by atoms with E-state index in [0.717, 1.165) is 31.1 Å². The standard InChI is InChI=1S/C21H28O4/c1-13(2)15-7-8-21(19(24)25-4)10-9-20(3)16(18(15)21)6-5-14(12-22)11-17(20)23/h11-13,16H,5-10H2,1-4H3/t16-,20-,21?/m1/s1. The summed E-state index contributed by atoms with van der Waals surface area (Å²) in [5.41, 5.74) is 1.97. The van der Waals surface area contributed by atoms with Crippen molar-refractivity contribution in [2.24, 2.45) is 22.7 Å². The summed E-state index contributed by atoms with van der Waals surface area (Å²) in [6.45, 7) is 6.35. The minimum Gasteiger partial charge on any atom is -0.468 e. The highest BCUT2D eigenvalue weighted by molar-refractivity contribution is 6.00. The lowest BCUT2D eigenvalue weighted by atomic mass is 9.54. The minimum atomic E-state index is -0.565. The predicted octanol–water partition coefficient (Wildman–Crippen LogP) is 3.80. The number of esters is 1. The first kappa shape index (κ1) is 18.1. The molecule has 0 aromatic carbocycles. The molecule has 0 bridgehead atoms. The van der Waals surface area contributed by atoms with Crippen LogP contribution in [0.4, 0.5) is 0 Å². The number of ketones is 1. The molecule has 3 rings (SSSR count). The number of carbonyl (C=O) groups excluding carboxylic acids is 3. The highest BCUT2D eigenvalue weighted by Gasteiger charge is 2.59. The number of aldehydes is 1. The quantitative estimate of drug-likeness (QED) is 0.444. The fourth-order valence-electron chi connectivity index (χ4n) is 5.38. The molecule has 0 spiro atoms. The van der Waals surface area contributed by atoms with Crippen LogP contribution in [0.25, 0.3) is 0 Å². The van der Waals surface area contributed by atoms with E-state index in [2.05, 4.69) is 13.8 Å². The molecule has 4 heteroatoms. The van der Waals surface area contributed by atoms with Crippen molar-refractivity contribution >= 4 is 18.0 Å². The van der Waals surface area contributed by atoms with E-state index < -0.39 is 10.8 Å². The third-order valence-corrected chi connectivity index (χ3v) is 6.90. The van der Waals surface area contributed by atoms with E-state index >= 15 is 0 Å². The summed E-state index contributed by atoms with van der Waals surface area (Å²) in [7, 11) is 1.46. The van der Waals surface area contributed by atoms with E-state index in [9.17, 15) is 14.4 Å². The van der Waals surface area contributed by atoms with E-state index in [1.54, 1.807) is 6.08 Å². The third kappa shape index (κ3) is 2.52. The average molecular weight is 344 g/mol. The molecule has 0 aliphatic heterocycles. The number of hydrogen-bond donors (Lipinski definition) is 0. The maximum absolute atomic E-state index is 13.0. The van der Waals surface area contributed by atoms with Gasteiger partial charge in [0.15, 0.2) is 5.78 Å². The Labute approximate surface area is 149 Å². The smallest absolute Gasteiger partial charge is 0.315 e. The molecule has 3 atom stereocenters. The topological polar surface area (TPSA) is 60.4 Å². The van der Waals surface area contributed by atoms with Gasteiger partial charge >= 0.3 is 5.97 Å². The van der Waals surface area contributed by atoms with Gasteiger partial charge in [0.2, 0.25) is 0 Å². The number of methoxy groups -OCH3 is 1. The Morgan fingerprint density at radius 2 is 2.00 bits per heavy atom. The van der Waals surface area contributed by atoms with Crippen LogP contribution in [0.1, 0.15) is 59.3 Å². The molecule has 0 aromatic heterocycles. The first-order valence-electron chi connectivity index (χ1n) is 9.32. The SMILES string of the molecule is COC(=O)C12CCC(C(C)C)=C1[C@H]1CCC(C=O)=CC(=O)[C@]1(C)CC2. The van der Waals surface area contributed by atoms with Crippen molar-refractivity contribution in [2.45, 2.75) is 59.3 Å². The Bertz CT molecular complexity index is 684. The highest BCUT2D eigenvalue weighted by Crippen LogP contribution is 2.62. The molecule has 0 heterocycles. The molecule has 136 valence electrons. The van der Waals surface area contributed by atoms with Crippen LogP contribution in [0.15, 0.2) is 22.8 Å². The van der Waals surface area contributed by atoms with E-state index in [1.165, 1.54) is 12.7 Å². The molecular weight excluding hydrogens is 316 g/mol. The van der Waals surface area contributed by atoms with Crippen molar-refractivity contribution < 1.29 is 19.1 Å². The average Bonchev–Trinajstić information content (AvgIpc) is 2.94. The van der Waals surface area contributed by atoms with Crippen molar-refractivity contribution in [1.82, 2.24) is 0 Å². The van der Waals surface area contributed by atoms with Gasteiger partial charge in [0.25, 0.3) is 0 Å². The van der Waals surface area contributed by atoms with Gasteiger partial charge in [-0.3, -0.25) is 14.4 Å². The van der Waals surface area contributed by atoms with Crippen LogP contribution in [0.3, 0.4) is 0 Å². The Kier molecular flexibility index (Phi) is 4.50. The second-order valence-corrected chi connectivity index (χ2v) is 8.38. The van der Waals surface area contributed by atoms with E-state index in [0.29, 0.717) is 30.8 Å². The maximum Gasteiger partial charge on any atom is 0.315 e. The first-order valence-corrected chi connectivity index (χ1v) is 9.32. The van der Waals surface area contributed by atoms with Crippen LogP contribution in [-0.4, -0.2) is 25.1 Å². The zero-order valence-corrected chi connectivity index (χ0v) is 15.7. The van der Waals surface area contributed by atoms with Gasteiger partial charge in [0.05, 0.1) is 12.5 Å². The highest BCUT2D eigenvalue weighted by atomic mass is 16.5. The third-order valence-electron chi connectivity index (χ3n) is 6.90. The Balaban J connectivity index is 2.16. The monoisotopic (exact) mass is 344 g/mol. The van der Waals surface area contributed by atoms with Crippen molar-refractivity contribution in [2.75, 3.05) is 7.11 Å². The molecule has 1 unspecified atom stereocenters. The summed E-state index contributed by atoms with van der Waals surface area (Å²) in [6, 6.07) is 0. The van der Waals surface area contributed by atoms with E-state index in [1.807, 2.05) is 6.92 Å². The van der Waals surface area contributed by atoms with Gasteiger partial charge in [-0.05, 0) is 67.6 Å². The van der Waals surface area contributed by atoms with Crippen LogP contribution in [0.2, 0.25) is 0 Å². The second kappa shape index (κ2) is 6.22. The van der Waals surface area contributed by atoms with Crippen molar-refractivity contribution in [3.63, 3.8) is 0 Å². The number of ether oxygens (including phenoxy) is 1. The number of carbonyl (C=O) groups is 3. The van der Waals surface area contributed by atoms with Crippen molar-refractivity contribution in [1.29, 1.82) is 0 Å². The second-order valence-electron chi connectivity index (χ2n) is 8.38. The van der Waals surface area contributed by atoms with E-state index in [4.69, 9.17) is 4.74 Å². The van der Waals surface area contributed by atoms with Crippen LogP contribution in [0, 0.1) is 22.7 Å². The lowest BCUT2D eigenvalue weighted by molar-refractivity contribution is -0.154. The van der Waals surface area contributed by atoms with Crippen LogP contribution in [-0.2, 0) is 19.1 Å². The molecule has 4 nitrogen and oxygen atoms in total. The Morgan fingerprint density at radius 3 is 2.60 bits per heavy atom. The first-order chi connectivity index (χ1) is 11.8. The molecule has 3 aliphatic carbocycles. The van der Waals surface area contributed by atoms with Gasteiger partial charge in [-0.25, -0.2) is 0 Å². The zero-order chi connectivity index (χ0) is 18.4. The molecule has 1 saturated carbocycles.